The first-order valence-corrected chi connectivity index (χ1v) is 7.65. The Hall–Kier alpha value is -3.35. The van der Waals surface area contributed by atoms with Gasteiger partial charge in [-0.1, -0.05) is 18.2 Å². The summed E-state index contributed by atoms with van der Waals surface area (Å²) in [6.07, 6.45) is 1.79. The second kappa shape index (κ2) is 6.27. The Balaban J connectivity index is 2.32. The maximum Gasteiger partial charge on any atom is 0.323 e. The number of aliphatic carboxylic acids is 1. The predicted molar refractivity (Wildman–Crippen MR) is 92.7 cm³/mol. The molecular formula is C18H17N3O4. The van der Waals surface area contributed by atoms with Gasteiger partial charge in [0, 0.05) is 18.7 Å². The van der Waals surface area contributed by atoms with E-state index in [0.29, 0.717) is 22.7 Å². The number of phenols is 1. The van der Waals surface area contributed by atoms with Crippen molar-refractivity contribution in [3.63, 3.8) is 0 Å². The predicted octanol–water partition coefficient (Wildman–Crippen LogP) is 2.45. The van der Waals surface area contributed by atoms with E-state index in [2.05, 4.69) is 4.98 Å². The molecule has 0 aliphatic heterocycles. The average molecular weight is 339 g/mol. The molecule has 128 valence electrons. The van der Waals surface area contributed by atoms with Gasteiger partial charge >= 0.3 is 5.97 Å². The van der Waals surface area contributed by atoms with Crippen LogP contribution in [-0.2, 0) is 9.59 Å². The number of benzene rings is 1. The lowest BCUT2D eigenvalue weighted by atomic mass is 10.1. The number of aromatic hydroxyl groups is 1. The van der Waals surface area contributed by atoms with E-state index in [1.54, 1.807) is 28.8 Å². The molecule has 2 heterocycles. The lowest BCUT2D eigenvalue weighted by Crippen LogP contribution is -2.35. The first-order valence-electron chi connectivity index (χ1n) is 7.65. The van der Waals surface area contributed by atoms with Crippen LogP contribution >= 0.6 is 0 Å². The van der Waals surface area contributed by atoms with E-state index >= 15 is 0 Å². The van der Waals surface area contributed by atoms with Crippen LogP contribution in [0.1, 0.15) is 12.5 Å². The van der Waals surface area contributed by atoms with Gasteiger partial charge in [-0.3, -0.25) is 18.9 Å². The molecule has 0 atom stereocenters. The molecule has 0 saturated carbocycles. The number of carboxylic acid groups (broad SMARTS) is 1. The molecule has 0 radical (unpaired) electrons. The quantitative estimate of drug-likeness (QED) is 0.761. The van der Waals surface area contributed by atoms with Gasteiger partial charge in [-0.2, -0.15) is 0 Å². The van der Waals surface area contributed by atoms with Gasteiger partial charge in [0.25, 0.3) is 0 Å². The van der Waals surface area contributed by atoms with Gasteiger partial charge in [-0.05, 0) is 30.7 Å². The van der Waals surface area contributed by atoms with Crippen molar-refractivity contribution in [2.75, 3.05) is 11.4 Å². The number of amides is 1. The number of aryl methyl sites for hydroxylation is 1. The number of hydrogen-bond donors (Lipinski definition) is 2. The van der Waals surface area contributed by atoms with Gasteiger partial charge in [0.1, 0.15) is 29.5 Å². The summed E-state index contributed by atoms with van der Waals surface area (Å²) in [4.78, 5) is 29.1. The van der Waals surface area contributed by atoms with Crippen LogP contribution in [0.3, 0.4) is 0 Å². The van der Waals surface area contributed by atoms with Gasteiger partial charge in [0.05, 0.1) is 0 Å². The zero-order valence-corrected chi connectivity index (χ0v) is 13.8. The Morgan fingerprint density at radius 2 is 2.00 bits per heavy atom. The Kier molecular flexibility index (Phi) is 4.14. The van der Waals surface area contributed by atoms with Crippen LogP contribution in [0.4, 0.5) is 5.82 Å². The normalized spacial score (nSPS) is 10.8. The van der Waals surface area contributed by atoms with Crippen LogP contribution < -0.4 is 4.90 Å². The number of carbonyl (C=O) groups excluding carboxylic acids is 1. The lowest BCUT2D eigenvalue weighted by molar-refractivity contribution is -0.136. The molecule has 3 rings (SSSR count). The Labute approximate surface area is 143 Å². The number of anilines is 1. The third-order valence-corrected chi connectivity index (χ3v) is 3.79. The van der Waals surface area contributed by atoms with E-state index in [9.17, 15) is 19.8 Å². The summed E-state index contributed by atoms with van der Waals surface area (Å²) in [5.41, 5.74) is 2.54. The fraction of sp³-hybridized carbons (Fsp3) is 0.167. The molecule has 1 aromatic carbocycles. The van der Waals surface area contributed by atoms with Crippen LogP contribution in [0, 0.1) is 6.92 Å². The second-order valence-corrected chi connectivity index (χ2v) is 5.77. The van der Waals surface area contributed by atoms with E-state index in [0.717, 1.165) is 5.56 Å². The van der Waals surface area contributed by atoms with E-state index in [-0.39, 0.29) is 5.75 Å². The van der Waals surface area contributed by atoms with Crippen molar-refractivity contribution in [2.24, 2.45) is 0 Å². The highest BCUT2D eigenvalue weighted by Gasteiger charge is 2.25. The molecule has 1 amide bonds. The van der Waals surface area contributed by atoms with Crippen molar-refractivity contribution in [3.8, 4) is 17.0 Å². The summed E-state index contributed by atoms with van der Waals surface area (Å²) in [5, 5.41) is 19.0. The highest BCUT2D eigenvalue weighted by molar-refractivity contribution is 5.99. The minimum atomic E-state index is -1.13. The molecule has 0 aliphatic carbocycles. The Bertz CT molecular complexity index is 978. The highest BCUT2D eigenvalue weighted by atomic mass is 16.4. The molecule has 7 heteroatoms. The minimum Gasteiger partial charge on any atom is -0.508 e. The Morgan fingerprint density at radius 3 is 2.64 bits per heavy atom. The molecule has 0 saturated heterocycles. The monoisotopic (exact) mass is 339 g/mol. The fourth-order valence-electron chi connectivity index (χ4n) is 2.71. The zero-order chi connectivity index (χ0) is 18.1. The van der Waals surface area contributed by atoms with Gasteiger partial charge in [0.15, 0.2) is 0 Å². The number of aromatic nitrogens is 2. The summed E-state index contributed by atoms with van der Waals surface area (Å²) in [6, 6.07) is 10.1. The summed E-state index contributed by atoms with van der Waals surface area (Å²) >= 11 is 0. The standard InChI is InChI=1S/C18H17N3O4/c1-11-6-7-15-19-17(13-4-3-5-14(23)8-13)18(21(15)9-11)20(12(2)22)10-16(24)25/h3-9,23H,10H2,1-2H3,(H,24,25). The number of hydrogen-bond acceptors (Lipinski definition) is 4. The molecule has 25 heavy (non-hydrogen) atoms. The largest absolute Gasteiger partial charge is 0.508 e. The lowest BCUT2D eigenvalue weighted by Gasteiger charge is -2.20. The third kappa shape index (κ3) is 3.16. The highest BCUT2D eigenvalue weighted by Crippen LogP contribution is 2.33. The van der Waals surface area contributed by atoms with E-state index in [1.807, 2.05) is 13.0 Å². The van der Waals surface area contributed by atoms with Crippen molar-refractivity contribution >= 4 is 23.3 Å². The maximum atomic E-state index is 12.1. The zero-order valence-electron chi connectivity index (χ0n) is 13.8. The third-order valence-electron chi connectivity index (χ3n) is 3.79. The number of phenolic OH excluding ortho intramolecular Hbond substituents is 1. The maximum absolute atomic E-state index is 12.1. The number of carbonyl (C=O) groups is 2. The smallest absolute Gasteiger partial charge is 0.323 e. The van der Waals surface area contributed by atoms with E-state index in [1.165, 1.54) is 24.0 Å². The van der Waals surface area contributed by atoms with Crippen molar-refractivity contribution in [1.29, 1.82) is 0 Å². The minimum absolute atomic E-state index is 0.0595. The fourth-order valence-corrected chi connectivity index (χ4v) is 2.71. The first kappa shape index (κ1) is 16.5. The van der Waals surface area contributed by atoms with E-state index in [4.69, 9.17) is 0 Å². The molecule has 7 nitrogen and oxygen atoms in total. The van der Waals surface area contributed by atoms with Crippen LogP contribution in [0.25, 0.3) is 16.9 Å². The van der Waals surface area contributed by atoms with Crippen LogP contribution in [-0.4, -0.2) is 38.0 Å². The molecule has 0 bridgehead atoms. The number of rotatable bonds is 4. The first-order chi connectivity index (χ1) is 11.9. The topological polar surface area (TPSA) is 95.1 Å². The summed E-state index contributed by atoms with van der Waals surface area (Å²) < 4.78 is 1.69. The molecule has 0 fully saturated rings. The molecule has 2 N–H and O–H groups in total. The van der Waals surface area contributed by atoms with Gasteiger partial charge in [-0.15, -0.1) is 0 Å². The van der Waals surface area contributed by atoms with Crippen LogP contribution in [0.2, 0.25) is 0 Å². The molecule has 0 aliphatic rings. The van der Waals surface area contributed by atoms with Crippen molar-refractivity contribution in [2.45, 2.75) is 13.8 Å². The number of nitrogens with zero attached hydrogens (tertiary/aromatic N) is 3. The van der Waals surface area contributed by atoms with E-state index < -0.39 is 18.4 Å². The molecular weight excluding hydrogens is 322 g/mol. The van der Waals surface area contributed by atoms with Gasteiger partial charge in [-0.25, -0.2) is 4.98 Å². The molecule has 0 unspecified atom stereocenters. The molecule has 3 aromatic rings. The Morgan fingerprint density at radius 1 is 1.24 bits per heavy atom. The number of carboxylic acids is 1. The molecule has 2 aromatic heterocycles. The van der Waals surface area contributed by atoms with Gasteiger partial charge in [0.2, 0.25) is 5.91 Å². The average Bonchev–Trinajstić information content (AvgIpc) is 2.90. The number of pyridine rings is 1. The van der Waals surface area contributed by atoms with Crippen molar-refractivity contribution < 1.29 is 19.8 Å². The summed E-state index contributed by atoms with van der Waals surface area (Å²) in [5.74, 6) is -1.12. The molecule has 0 spiro atoms. The van der Waals surface area contributed by atoms with Crippen LogP contribution in [0.5, 0.6) is 5.75 Å². The number of imidazole rings is 1. The number of fused-ring (bicyclic) bond motifs is 1. The second-order valence-electron chi connectivity index (χ2n) is 5.77. The van der Waals surface area contributed by atoms with Crippen molar-refractivity contribution in [1.82, 2.24) is 9.38 Å². The van der Waals surface area contributed by atoms with Crippen LogP contribution in [0.15, 0.2) is 42.6 Å². The summed E-state index contributed by atoms with van der Waals surface area (Å²) in [6.45, 7) is 2.72. The van der Waals surface area contributed by atoms with Gasteiger partial charge < -0.3 is 10.2 Å². The SMILES string of the molecule is CC(=O)N(CC(=O)O)c1c(-c2cccc(O)c2)nc2ccc(C)cn12. The summed E-state index contributed by atoms with van der Waals surface area (Å²) in [7, 11) is 0. The van der Waals surface area contributed by atoms with Crippen molar-refractivity contribution in [3.05, 3.63) is 48.2 Å².